The molecule has 2 aromatic rings. The van der Waals surface area contributed by atoms with E-state index in [-0.39, 0.29) is 5.91 Å². The molecule has 0 bridgehead atoms. The van der Waals surface area contributed by atoms with Gasteiger partial charge in [-0.15, -0.1) is 0 Å². The molecule has 7 heteroatoms. The van der Waals surface area contributed by atoms with Gasteiger partial charge in [-0.05, 0) is 35.7 Å². The first kappa shape index (κ1) is 18.6. The molecule has 1 amide bonds. The van der Waals surface area contributed by atoms with Gasteiger partial charge in [-0.2, -0.15) is 0 Å². The Kier molecular flexibility index (Phi) is 5.34. The molecular formula is C21H25N3O4. The van der Waals surface area contributed by atoms with Gasteiger partial charge >= 0.3 is 0 Å². The third-order valence-electron chi connectivity index (χ3n) is 5.35. The summed E-state index contributed by atoms with van der Waals surface area (Å²) in [5, 5.41) is 0. The van der Waals surface area contributed by atoms with Gasteiger partial charge in [-0.3, -0.25) is 9.78 Å². The van der Waals surface area contributed by atoms with Gasteiger partial charge in [-0.25, -0.2) is 0 Å². The lowest BCUT2D eigenvalue weighted by Crippen LogP contribution is -2.37. The number of ether oxygens (including phenoxy) is 3. The minimum Gasteiger partial charge on any atom is -0.493 e. The van der Waals surface area contributed by atoms with E-state index in [1.165, 1.54) is 5.56 Å². The maximum absolute atomic E-state index is 13.1. The zero-order valence-electron chi connectivity index (χ0n) is 16.3. The first-order chi connectivity index (χ1) is 13.7. The number of hydrogen-bond donors (Lipinski definition) is 0. The summed E-state index contributed by atoms with van der Waals surface area (Å²) in [4.78, 5) is 21.5. The molecular weight excluding hydrogens is 358 g/mol. The fourth-order valence-corrected chi connectivity index (χ4v) is 3.78. The number of carbonyl (C=O) groups is 1. The van der Waals surface area contributed by atoms with E-state index >= 15 is 0 Å². The van der Waals surface area contributed by atoms with E-state index < -0.39 is 0 Å². The van der Waals surface area contributed by atoms with Gasteiger partial charge in [-0.1, -0.05) is 0 Å². The van der Waals surface area contributed by atoms with Crippen molar-refractivity contribution >= 4 is 11.6 Å². The van der Waals surface area contributed by atoms with Crippen LogP contribution in [0.3, 0.4) is 0 Å². The minimum atomic E-state index is 0.00282. The maximum Gasteiger partial charge on any atom is 0.255 e. The lowest BCUT2D eigenvalue weighted by molar-refractivity contribution is 0.0734. The second-order valence-corrected chi connectivity index (χ2v) is 6.98. The summed E-state index contributed by atoms with van der Waals surface area (Å²) in [7, 11) is 3.26. The van der Waals surface area contributed by atoms with Crippen molar-refractivity contribution in [1.29, 1.82) is 0 Å². The van der Waals surface area contributed by atoms with E-state index in [1.54, 1.807) is 20.4 Å². The number of benzene rings is 1. The molecule has 0 saturated carbocycles. The van der Waals surface area contributed by atoms with Crippen molar-refractivity contribution < 1.29 is 19.0 Å². The van der Waals surface area contributed by atoms with Crippen molar-refractivity contribution in [2.45, 2.75) is 13.0 Å². The number of fused-ring (bicyclic) bond motifs is 1. The first-order valence-corrected chi connectivity index (χ1v) is 9.50. The topological polar surface area (TPSA) is 64.1 Å². The fraction of sp³-hybridized carbons (Fsp3) is 0.429. The Labute approximate surface area is 164 Å². The Morgan fingerprint density at radius 1 is 1.00 bits per heavy atom. The van der Waals surface area contributed by atoms with Crippen LogP contribution in [0.1, 0.15) is 21.5 Å². The maximum atomic E-state index is 13.1. The van der Waals surface area contributed by atoms with Crippen molar-refractivity contribution in [3.05, 3.63) is 47.3 Å². The molecule has 1 aromatic heterocycles. The van der Waals surface area contributed by atoms with E-state index in [1.807, 2.05) is 29.3 Å². The number of methoxy groups -OCH3 is 2. The molecule has 0 radical (unpaired) electrons. The van der Waals surface area contributed by atoms with Crippen LogP contribution in [-0.2, 0) is 17.7 Å². The second kappa shape index (κ2) is 8.06. The summed E-state index contributed by atoms with van der Waals surface area (Å²) >= 11 is 0. The van der Waals surface area contributed by atoms with Crippen LogP contribution in [0.15, 0.2) is 30.6 Å². The van der Waals surface area contributed by atoms with Crippen LogP contribution >= 0.6 is 0 Å². The highest BCUT2D eigenvalue weighted by atomic mass is 16.5. The highest BCUT2D eigenvalue weighted by Gasteiger charge is 2.24. The summed E-state index contributed by atoms with van der Waals surface area (Å²) in [6, 6.07) is 5.91. The Morgan fingerprint density at radius 3 is 2.43 bits per heavy atom. The zero-order valence-corrected chi connectivity index (χ0v) is 16.3. The number of amides is 1. The molecule has 1 aromatic carbocycles. The highest BCUT2D eigenvalue weighted by Crippen LogP contribution is 2.33. The summed E-state index contributed by atoms with van der Waals surface area (Å²) in [6.07, 6.45) is 4.25. The van der Waals surface area contributed by atoms with Crippen LogP contribution in [-0.4, -0.2) is 62.9 Å². The Morgan fingerprint density at radius 2 is 1.71 bits per heavy atom. The molecule has 0 atom stereocenters. The van der Waals surface area contributed by atoms with Crippen LogP contribution in [0.2, 0.25) is 0 Å². The fourth-order valence-electron chi connectivity index (χ4n) is 3.78. The number of hydrogen-bond acceptors (Lipinski definition) is 6. The molecule has 2 aliphatic heterocycles. The van der Waals surface area contributed by atoms with Crippen molar-refractivity contribution in [1.82, 2.24) is 9.88 Å². The predicted octanol–water partition coefficient (Wildman–Crippen LogP) is 2.13. The van der Waals surface area contributed by atoms with Crippen LogP contribution in [0.4, 0.5) is 5.69 Å². The molecule has 3 heterocycles. The molecule has 1 fully saturated rings. The van der Waals surface area contributed by atoms with Gasteiger partial charge in [0, 0.05) is 32.4 Å². The van der Waals surface area contributed by atoms with Crippen molar-refractivity contribution in [3.63, 3.8) is 0 Å². The quantitative estimate of drug-likeness (QED) is 0.806. The first-order valence-electron chi connectivity index (χ1n) is 9.50. The standard InChI is InChI=1S/C21H25N3O4/c1-26-19-10-15-3-4-24(14-17(15)11-20(19)27-2)21(25)16-9-18(13-22-12-16)23-5-7-28-8-6-23/h9-13H,3-8,14H2,1-2H3. The Bertz CT molecular complexity index is 865. The average Bonchev–Trinajstić information content (AvgIpc) is 2.77. The number of aromatic nitrogens is 1. The molecule has 4 rings (SSSR count). The SMILES string of the molecule is COc1cc2c(cc1OC)CN(C(=O)c1cncc(N3CCOCC3)c1)CC2. The van der Waals surface area contributed by atoms with Crippen LogP contribution in [0, 0.1) is 0 Å². The molecule has 7 nitrogen and oxygen atoms in total. The number of morpholine rings is 1. The number of nitrogens with zero attached hydrogens (tertiary/aromatic N) is 3. The van der Waals surface area contributed by atoms with Crippen LogP contribution in [0.25, 0.3) is 0 Å². The predicted molar refractivity (Wildman–Crippen MR) is 105 cm³/mol. The van der Waals surface area contributed by atoms with Gasteiger partial charge in [0.15, 0.2) is 11.5 Å². The summed E-state index contributed by atoms with van der Waals surface area (Å²) in [5.41, 5.74) is 3.88. The molecule has 0 N–H and O–H groups in total. The van der Waals surface area contributed by atoms with Gasteiger partial charge in [0.25, 0.3) is 5.91 Å². The summed E-state index contributed by atoms with van der Waals surface area (Å²) in [6.45, 7) is 4.26. The Balaban J connectivity index is 1.53. The minimum absolute atomic E-state index is 0.00282. The van der Waals surface area contributed by atoms with E-state index in [0.29, 0.717) is 37.6 Å². The third-order valence-corrected chi connectivity index (χ3v) is 5.35. The average molecular weight is 383 g/mol. The molecule has 1 saturated heterocycles. The molecule has 2 aliphatic rings. The largest absolute Gasteiger partial charge is 0.493 e. The van der Waals surface area contributed by atoms with Crippen LogP contribution < -0.4 is 14.4 Å². The normalized spacial score (nSPS) is 16.5. The molecule has 148 valence electrons. The van der Waals surface area contributed by atoms with Gasteiger partial charge < -0.3 is 24.0 Å². The molecule has 0 spiro atoms. The highest BCUT2D eigenvalue weighted by molar-refractivity contribution is 5.95. The van der Waals surface area contributed by atoms with E-state index in [2.05, 4.69) is 9.88 Å². The Hall–Kier alpha value is -2.80. The van der Waals surface area contributed by atoms with E-state index in [9.17, 15) is 4.79 Å². The number of carbonyl (C=O) groups excluding carboxylic acids is 1. The molecule has 0 aliphatic carbocycles. The van der Waals surface area contributed by atoms with E-state index in [0.717, 1.165) is 36.5 Å². The lowest BCUT2D eigenvalue weighted by Gasteiger charge is -2.31. The number of rotatable bonds is 4. The van der Waals surface area contributed by atoms with Crippen LogP contribution in [0.5, 0.6) is 11.5 Å². The lowest BCUT2D eigenvalue weighted by atomic mass is 9.98. The number of anilines is 1. The molecule has 0 unspecified atom stereocenters. The second-order valence-electron chi connectivity index (χ2n) is 6.98. The van der Waals surface area contributed by atoms with Crippen molar-refractivity contribution in [2.75, 3.05) is 52.0 Å². The zero-order chi connectivity index (χ0) is 19.5. The summed E-state index contributed by atoms with van der Waals surface area (Å²) in [5.74, 6) is 1.41. The van der Waals surface area contributed by atoms with Gasteiger partial charge in [0.2, 0.25) is 0 Å². The van der Waals surface area contributed by atoms with E-state index in [4.69, 9.17) is 14.2 Å². The smallest absolute Gasteiger partial charge is 0.255 e. The van der Waals surface area contributed by atoms with Gasteiger partial charge in [0.05, 0.1) is 44.9 Å². The monoisotopic (exact) mass is 383 g/mol. The van der Waals surface area contributed by atoms with Crippen molar-refractivity contribution in [3.8, 4) is 11.5 Å². The third kappa shape index (κ3) is 3.62. The van der Waals surface area contributed by atoms with Gasteiger partial charge in [0.1, 0.15) is 0 Å². The molecule has 28 heavy (non-hydrogen) atoms. The van der Waals surface area contributed by atoms with Crippen molar-refractivity contribution in [2.24, 2.45) is 0 Å². The summed E-state index contributed by atoms with van der Waals surface area (Å²) < 4.78 is 16.2. The number of pyridine rings is 1.